The normalized spacial score (nSPS) is 22.2. The van der Waals surface area contributed by atoms with E-state index in [1.165, 1.54) is 12.7 Å². The van der Waals surface area contributed by atoms with Gasteiger partial charge in [0.1, 0.15) is 0 Å². The van der Waals surface area contributed by atoms with Crippen LogP contribution < -0.4 is 0 Å². The molecule has 0 amide bonds. The molecule has 2 nitrogen and oxygen atoms in total. The molecule has 0 aromatic carbocycles. The summed E-state index contributed by atoms with van der Waals surface area (Å²) in [6.45, 7) is 4.06. The van der Waals surface area contributed by atoms with Gasteiger partial charge in [0.25, 0.3) is 0 Å². The lowest BCUT2D eigenvalue weighted by Crippen LogP contribution is -2.15. The Kier molecular flexibility index (Phi) is 3.09. The number of esters is 1. The molecule has 0 saturated carbocycles. The van der Waals surface area contributed by atoms with Gasteiger partial charge in [0.05, 0.1) is 12.0 Å². The Morgan fingerprint density at radius 3 is 2.54 bits per heavy atom. The highest BCUT2D eigenvalue weighted by molar-refractivity contribution is 8.19. The summed E-state index contributed by atoms with van der Waals surface area (Å²) in [7, 11) is 1.31. The van der Waals surface area contributed by atoms with Crippen LogP contribution in [0.15, 0.2) is 22.6 Å². The lowest BCUT2D eigenvalue weighted by molar-refractivity contribution is -0.132. The van der Waals surface area contributed by atoms with Crippen molar-refractivity contribution in [3.05, 3.63) is 22.6 Å². The van der Waals surface area contributed by atoms with Crippen LogP contribution in [0.2, 0.25) is 0 Å². The van der Waals surface area contributed by atoms with Crippen LogP contribution in [0.25, 0.3) is 0 Å². The van der Waals surface area contributed by atoms with E-state index in [1.54, 1.807) is 0 Å². The smallest absolute Gasteiger partial charge is 0.343 e. The second-order valence-corrected chi connectivity index (χ2v) is 4.83. The minimum atomic E-state index is -0.214. The molecule has 0 radical (unpaired) electrons. The molecule has 0 saturated heterocycles. The number of hydrogen-bond donors (Lipinski definition) is 0. The van der Waals surface area contributed by atoms with Crippen LogP contribution in [-0.4, -0.2) is 24.2 Å². The van der Waals surface area contributed by atoms with E-state index in [0.29, 0.717) is 0 Å². The van der Waals surface area contributed by atoms with Crippen LogP contribution in [0.5, 0.6) is 0 Å². The van der Waals surface area contributed by atoms with Crippen LogP contribution in [0.3, 0.4) is 0 Å². The van der Waals surface area contributed by atoms with Crippen LogP contribution in [0.4, 0.5) is 0 Å². The second-order valence-electron chi connectivity index (χ2n) is 3.04. The summed E-state index contributed by atoms with van der Waals surface area (Å²) < 4.78 is 4.70. The van der Waals surface area contributed by atoms with Crippen molar-refractivity contribution < 1.29 is 9.53 Å². The van der Waals surface area contributed by atoms with Crippen molar-refractivity contribution in [2.75, 3.05) is 13.4 Å². The van der Waals surface area contributed by atoms with Crippen molar-refractivity contribution >= 4 is 21.3 Å². The SMILES string of the molecule is COC(=O)C1=S(C)C=C(C)C(C)=C1. The predicted octanol–water partition coefficient (Wildman–Crippen LogP) is 2.09. The van der Waals surface area contributed by atoms with E-state index < -0.39 is 0 Å². The molecule has 0 spiro atoms. The summed E-state index contributed by atoms with van der Waals surface area (Å²) in [5.74, 6) is -0.214. The summed E-state index contributed by atoms with van der Waals surface area (Å²) >= 11 is 0. The monoisotopic (exact) mass is 198 g/mol. The number of carbonyl (C=O) groups is 1. The topological polar surface area (TPSA) is 26.3 Å². The van der Waals surface area contributed by atoms with E-state index in [0.717, 1.165) is 10.4 Å². The quantitative estimate of drug-likeness (QED) is 0.476. The molecule has 72 valence electrons. The fourth-order valence-electron chi connectivity index (χ4n) is 1.12. The average molecular weight is 198 g/mol. The maximum absolute atomic E-state index is 11.3. The third-order valence-corrected chi connectivity index (χ3v) is 3.74. The highest BCUT2D eigenvalue weighted by Gasteiger charge is 2.13. The maximum atomic E-state index is 11.3. The summed E-state index contributed by atoms with van der Waals surface area (Å²) in [6.07, 6.45) is 3.95. The standard InChI is InChI=1S/C10H14O2S/c1-7-5-9(10(11)12-3)13(4)6-8(7)2/h5-6H,1-4H3. The maximum Gasteiger partial charge on any atom is 0.343 e. The molecule has 0 aromatic heterocycles. The van der Waals surface area contributed by atoms with Crippen LogP contribution in [0, 0.1) is 0 Å². The van der Waals surface area contributed by atoms with Crippen molar-refractivity contribution in [1.29, 1.82) is 0 Å². The van der Waals surface area contributed by atoms with Crippen LogP contribution in [-0.2, 0) is 9.53 Å². The molecule has 0 fully saturated rings. The molecule has 13 heavy (non-hydrogen) atoms. The number of ether oxygens (including phenoxy) is 1. The summed E-state index contributed by atoms with van der Waals surface area (Å²) in [5, 5.41) is 2.11. The van der Waals surface area contributed by atoms with Crippen LogP contribution >= 0.6 is 10.5 Å². The minimum Gasteiger partial charge on any atom is -0.465 e. The van der Waals surface area contributed by atoms with Crippen LogP contribution in [0.1, 0.15) is 13.8 Å². The third-order valence-electron chi connectivity index (χ3n) is 2.06. The molecule has 1 unspecified atom stereocenters. The van der Waals surface area contributed by atoms with Crippen molar-refractivity contribution in [3.8, 4) is 0 Å². The summed E-state index contributed by atoms with van der Waals surface area (Å²) in [4.78, 5) is 12.1. The summed E-state index contributed by atoms with van der Waals surface area (Å²) in [6, 6.07) is 0. The highest BCUT2D eigenvalue weighted by Crippen LogP contribution is 2.25. The number of methoxy groups -OCH3 is 1. The Bertz CT molecular complexity index is 335. The van der Waals surface area contributed by atoms with Gasteiger partial charge in [-0.15, -0.1) is 0 Å². The first-order valence-electron chi connectivity index (χ1n) is 4.03. The van der Waals surface area contributed by atoms with Crippen molar-refractivity contribution in [2.45, 2.75) is 13.8 Å². The molecular formula is C10H14O2S. The van der Waals surface area contributed by atoms with E-state index in [-0.39, 0.29) is 16.5 Å². The lowest BCUT2D eigenvalue weighted by Gasteiger charge is -2.13. The van der Waals surface area contributed by atoms with Gasteiger partial charge in [-0.05, 0) is 42.7 Å². The molecule has 0 aliphatic carbocycles. The van der Waals surface area contributed by atoms with Gasteiger partial charge in [-0.25, -0.2) is 4.79 Å². The van der Waals surface area contributed by atoms with Crippen molar-refractivity contribution in [2.24, 2.45) is 0 Å². The lowest BCUT2D eigenvalue weighted by atomic mass is 10.1. The van der Waals surface area contributed by atoms with Gasteiger partial charge in [0.2, 0.25) is 0 Å². The second kappa shape index (κ2) is 3.92. The first-order chi connectivity index (χ1) is 6.06. The largest absolute Gasteiger partial charge is 0.465 e. The van der Waals surface area contributed by atoms with Gasteiger partial charge < -0.3 is 4.74 Å². The molecule has 0 N–H and O–H groups in total. The van der Waals surface area contributed by atoms with Gasteiger partial charge in [-0.3, -0.25) is 0 Å². The molecule has 1 aliphatic rings. The Hall–Kier alpha value is -0.830. The molecular weight excluding hydrogens is 184 g/mol. The van der Waals surface area contributed by atoms with Gasteiger partial charge in [-0.1, -0.05) is 0 Å². The fourth-order valence-corrected chi connectivity index (χ4v) is 2.67. The molecule has 1 rings (SSSR count). The number of allylic oxidation sites excluding steroid dienone is 2. The van der Waals surface area contributed by atoms with Gasteiger partial charge >= 0.3 is 5.97 Å². The molecule has 3 heteroatoms. The molecule has 1 aliphatic heterocycles. The molecule has 0 aromatic rings. The first kappa shape index (κ1) is 10.3. The zero-order chi connectivity index (χ0) is 10.0. The van der Waals surface area contributed by atoms with Crippen molar-refractivity contribution in [1.82, 2.24) is 0 Å². The summed E-state index contributed by atoms with van der Waals surface area (Å²) in [5.41, 5.74) is 2.39. The first-order valence-corrected chi connectivity index (χ1v) is 5.73. The van der Waals surface area contributed by atoms with E-state index in [4.69, 9.17) is 4.74 Å². The number of hydrogen-bond acceptors (Lipinski definition) is 2. The van der Waals surface area contributed by atoms with E-state index >= 15 is 0 Å². The molecule has 1 atom stereocenters. The van der Waals surface area contributed by atoms with Gasteiger partial charge in [0.15, 0.2) is 0 Å². The predicted molar refractivity (Wildman–Crippen MR) is 58.1 cm³/mol. The Morgan fingerprint density at radius 2 is 2.00 bits per heavy atom. The molecule has 1 heterocycles. The minimum absolute atomic E-state index is 0.105. The van der Waals surface area contributed by atoms with E-state index in [9.17, 15) is 4.79 Å². The Labute approximate surface area is 81.2 Å². The highest BCUT2D eigenvalue weighted by atomic mass is 32.2. The third kappa shape index (κ3) is 2.10. The van der Waals surface area contributed by atoms with E-state index in [2.05, 4.69) is 12.3 Å². The number of rotatable bonds is 1. The zero-order valence-corrected chi connectivity index (χ0v) is 9.20. The molecule has 0 bridgehead atoms. The van der Waals surface area contributed by atoms with E-state index in [1.807, 2.05) is 19.3 Å². The van der Waals surface area contributed by atoms with Gasteiger partial charge in [-0.2, -0.15) is 10.5 Å². The zero-order valence-electron chi connectivity index (χ0n) is 8.38. The average Bonchev–Trinajstić information content (AvgIpc) is 2.10. The fraction of sp³-hybridized carbons (Fsp3) is 0.400. The Morgan fingerprint density at radius 1 is 1.38 bits per heavy atom. The Balaban J connectivity index is 3.13. The number of carbonyl (C=O) groups excluding carboxylic acids is 1. The van der Waals surface area contributed by atoms with Gasteiger partial charge in [0, 0.05) is 0 Å². The van der Waals surface area contributed by atoms with Crippen molar-refractivity contribution in [3.63, 3.8) is 0 Å².